The smallest absolute Gasteiger partial charge is 0.258 e. The summed E-state index contributed by atoms with van der Waals surface area (Å²) in [7, 11) is 0. The number of nitrogens with one attached hydrogen (secondary N) is 1. The largest absolute Gasteiger partial charge is 0.507 e. The van der Waals surface area contributed by atoms with Gasteiger partial charge in [0.2, 0.25) is 5.91 Å². The maximum Gasteiger partial charge on any atom is 0.258 e. The van der Waals surface area contributed by atoms with Gasteiger partial charge in [0, 0.05) is 19.6 Å². The van der Waals surface area contributed by atoms with Crippen LogP contribution < -0.4 is 5.32 Å². The summed E-state index contributed by atoms with van der Waals surface area (Å²) in [5, 5.41) is 12.9. The van der Waals surface area contributed by atoms with E-state index in [1.54, 1.807) is 23.1 Å². The fraction of sp³-hybridized carbons (Fsp3) is 0.600. The molecule has 0 bridgehead atoms. The lowest BCUT2D eigenvalue weighted by Gasteiger charge is -2.25. The summed E-state index contributed by atoms with van der Waals surface area (Å²) >= 11 is 0. The average molecular weight is 359 g/mol. The van der Waals surface area contributed by atoms with Crippen molar-refractivity contribution in [2.24, 2.45) is 0 Å². The molecule has 1 unspecified atom stereocenters. The summed E-state index contributed by atoms with van der Waals surface area (Å²) in [6.07, 6.45) is 6.56. The van der Waals surface area contributed by atoms with Crippen molar-refractivity contribution in [1.82, 2.24) is 15.1 Å². The van der Waals surface area contributed by atoms with Crippen molar-refractivity contribution in [3.8, 4) is 5.75 Å². The second kappa shape index (κ2) is 9.03. The zero-order valence-corrected chi connectivity index (χ0v) is 15.3. The van der Waals surface area contributed by atoms with Crippen LogP contribution in [0.25, 0.3) is 0 Å². The first kappa shape index (κ1) is 18.7. The van der Waals surface area contributed by atoms with Gasteiger partial charge in [0.05, 0.1) is 5.56 Å². The van der Waals surface area contributed by atoms with Crippen molar-refractivity contribution in [2.45, 2.75) is 44.6 Å². The molecule has 1 aromatic rings. The maximum atomic E-state index is 12.7. The lowest BCUT2D eigenvalue weighted by molar-refractivity contribution is -0.124. The van der Waals surface area contributed by atoms with Crippen LogP contribution in [-0.4, -0.2) is 65.5 Å². The van der Waals surface area contributed by atoms with Crippen LogP contribution >= 0.6 is 0 Å². The van der Waals surface area contributed by atoms with Crippen molar-refractivity contribution < 1.29 is 14.7 Å². The van der Waals surface area contributed by atoms with Crippen molar-refractivity contribution in [2.75, 3.05) is 32.7 Å². The highest BCUT2D eigenvalue weighted by molar-refractivity contribution is 5.99. The summed E-state index contributed by atoms with van der Waals surface area (Å²) in [5.74, 6) is -0.390. The Hall–Kier alpha value is -2.08. The lowest BCUT2D eigenvalue weighted by atomic mass is 10.1. The number of likely N-dealkylation sites (tertiary alicyclic amines) is 2. The van der Waals surface area contributed by atoms with E-state index in [9.17, 15) is 14.7 Å². The van der Waals surface area contributed by atoms with Crippen LogP contribution in [0.2, 0.25) is 0 Å². The fourth-order valence-corrected chi connectivity index (χ4v) is 3.91. The first-order chi connectivity index (χ1) is 12.7. The highest BCUT2D eigenvalue weighted by Crippen LogP contribution is 2.24. The number of para-hydroxylation sites is 1. The van der Waals surface area contributed by atoms with Gasteiger partial charge < -0.3 is 20.2 Å². The van der Waals surface area contributed by atoms with E-state index in [-0.39, 0.29) is 23.1 Å². The van der Waals surface area contributed by atoms with Gasteiger partial charge in [-0.1, -0.05) is 25.0 Å². The van der Waals surface area contributed by atoms with E-state index in [1.165, 1.54) is 31.7 Å². The van der Waals surface area contributed by atoms with E-state index in [4.69, 9.17) is 0 Å². The van der Waals surface area contributed by atoms with Gasteiger partial charge in [-0.15, -0.1) is 0 Å². The Kier molecular flexibility index (Phi) is 6.50. The normalized spacial score (nSPS) is 21.4. The summed E-state index contributed by atoms with van der Waals surface area (Å²) in [4.78, 5) is 29.3. The number of amides is 2. The Bertz CT molecular complexity index is 626. The average Bonchev–Trinajstić information content (AvgIpc) is 2.99. The molecule has 1 aromatic carbocycles. The molecule has 0 radical (unpaired) electrons. The zero-order chi connectivity index (χ0) is 18.4. The predicted octanol–water partition coefficient (Wildman–Crippen LogP) is 1.99. The molecule has 6 nitrogen and oxygen atoms in total. The predicted molar refractivity (Wildman–Crippen MR) is 100 cm³/mol. The van der Waals surface area contributed by atoms with Crippen molar-refractivity contribution in [3.05, 3.63) is 29.8 Å². The van der Waals surface area contributed by atoms with Gasteiger partial charge in [0.25, 0.3) is 5.91 Å². The minimum atomic E-state index is -0.439. The molecular weight excluding hydrogens is 330 g/mol. The quantitative estimate of drug-likeness (QED) is 0.843. The van der Waals surface area contributed by atoms with E-state index < -0.39 is 6.04 Å². The molecule has 2 amide bonds. The lowest BCUT2D eigenvalue weighted by Crippen LogP contribution is -2.47. The van der Waals surface area contributed by atoms with Crippen molar-refractivity contribution in [1.29, 1.82) is 0 Å². The number of hydrogen-bond acceptors (Lipinski definition) is 4. The molecule has 2 fully saturated rings. The molecule has 2 saturated heterocycles. The van der Waals surface area contributed by atoms with Crippen LogP contribution in [0, 0.1) is 0 Å². The number of nitrogens with zero attached hydrogens (tertiary/aromatic N) is 2. The summed E-state index contributed by atoms with van der Waals surface area (Å²) in [6.45, 7) is 4.26. The minimum Gasteiger partial charge on any atom is -0.507 e. The van der Waals surface area contributed by atoms with Gasteiger partial charge in [-0.25, -0.2) is 0 Å². The van der Waals surface area contributed by atoms with E-state index in [0.29, 0.717) is 19.5 Å². The molecule has 26 heavy (non-hydrogen) atoms. The van der Waals surface area contributed by atoms with Gasteiger partial charge in [0.1, 0.15) is 11.8 Å². The Morgan fingerprint density at radius 2 is 1.77 bits per heavy atom. The molecule has 2 heterocycles. The highest BCUT2D eigenvalue weighted by atomic mass is 16.3. The first-order valence-corrected chi connectivity index (χ1v) is 9.76. The number of aromatic hydroxyl groups is 1. The molecule has 0 saturated carbocycles. The fourth-order valence-electron chi connectivity index (χ4n) is 3.91. The third-order valence-corrected chi connectivity index (χ3v) is 5.38. The molecule has 2 aliphatic rings. The zero-order valence-electron chi connectivity index (χ0n) is 15.3. The number of rotatable bonds is 5. The van der Waals surface area contributed by atoms with Crippen LogP contribution in [0.3, 0.4) is 0 Å². The molecule has 1 atom stereocenters. The van der Waals surface area contributed by atoms with E-state index in [0.717, 1.165) is 26.1 Å². The van der Waals surface area contributed by atoms with E-state index in [2.05, 4.69) is 10.2 Å². The highest BCUT2D eigenvalue weighted by Gasteiger charge is 2.35. The van der Waals surface area contributed by atoms with Crippen molar-refractivity contribution in [3.63, 3.8) is 0 Å². The van der Waals surface area contributed by atoms with E-state index in [1.807, 2.05) is 0 Å². The Labute approximate surface area is 155 Å². The summed E-state index contributed by atoms with van der Waals surface area (Å²) in [6, 6.07) is 6.07. The Balaban J connectivity index is 1.53. The Morgan fingerprint density at radius 3 is 2.50 bits per heavy atom. The van der Waals surface area contributed by atoms with Crippen LogP contribution in [0.1, 0.15) is 48.9 Å². The molecular formula is C20H29N3O3. The maximum absolute atomic E-state index is 12.7. The number of carbonyl (C=O) groups excluding carboxylic acids is 2. The monoisotopic (exact) mass is 359 g/mol. The summed E-state index contributed by atoms with van der Waals surface area (Å²) in [5.41, 5.74) is 0.261. The molecule has 142 valence electrons. The summed E-state index contributed by atoms with van der Waals surface area (Å²) < 4.78 is 0. The first-order valence-electron chi connectivity index (χ1n) is 9.76. The van der Waals surface area contributed by atoms with Crippen LogP contribution in [-0.2, 0) is 4.79 Å². The van der Waals surface area contributed by atoms with Gasteiger partial charge in [0.15, 0.2) is 0 Å². The second-order valence-electron chi connectivity index (χ2n) is 7.22. The topological polar surface area (TPSA) is 72.9 Å². The van der Waals surface area contributed by atoms with Gasteiger partial charge in [-0.3, -0.25) is 9.59 Å². The standard InChI is InChI=1S/C20H29N3O3/c24-18-10-4-3-8-16(18)20(26)23-14-7-9-17(23)19(25)21-11-15-22-12-5-1-2-6-13-22/h3-4,8,10,17,24H,1-2,5-7,9,11-15H2,(H,21,25). The van der Waals surface area contributed by atoms with Gasteiger partial charge in [-0.2, -0.15) is 0 Å². The molecule has 0 aliphatic carbocycles. The van der Waals surface area contributed by atoms with Crippen molar-refractivity contribution >= 4 is 11.8 Å². The molecule has 0 aromatic heterocycles. The SMILES string of the molecule is O=C(NCCN1CCCCCC1)C1CCCN1C(=O)c1ccccc1O. The number of phenols is 1. The number of benzene rings is 1. The Morgan fingerprint density at radius 1 is 1.04 bits per heavy atom. The van der Waals surface area contributed by atoms with Gasteiger partial charge >= 0.3 is 0 Å². The molecule has 3 rings (SSSR count). The minimum absolute atomic E-state index is 0.0373. The molecule has 0 spiro atoms. The van der Waals surface area contributed by atoms with Crippen LogP contribution in [0.15, 0.2) is 24.3 Å². The van der Waals surface area contributed by atoms with Crippen LogP contribution in [0.5, 0.6) is 5.75 Å². The molecule has 2 aliphatic heterocycles. The number of phenolic OH excluding ortho intramolecular Hbond substituents is 1. The number of hydrogen-bond donors (Lipinski definition) is 2. The number of carbonyl (C=O) groups is 2. The van der Waals surface area contributed by atoms with Crippen LogP contribution in [0.4, 0.5) is 0 Å². The molecule has 6 heteroatoms. The molecule has 2 N–H and O–H groups in total. The second-order valence-corrected chi connectivity index (χ2v) is 7.22. The van der Waals surface area contributed by atoms with Gasteiger partial charge in [-0.05, 0) is 50.9 Å². The van der Waals surface area contributed by atoms with E-state index >= 15 is 0 Å². The third-order valence-electron chi connectivity index (χ3n) is 5.38. The third kappa shape index (κ3) is 4.55.